The van der Waals surface area contributed by atoms with Crippen molar-refractivity contribution in [3.05, 3.63) is 10.6 Å². The highest BCUT2D eigenvalue weighted by atomic mass is 35.5. The highest BCUT2D eigenvalue weighted by molar-refractivity contribution is 6.30. The second-order valence-electron chi connectivity index (χ2n) is 7.96. The Balaban J connectivity index is 1.66. The molecule has 116 valence electrons. The summed E-state index contributed by atoms with van der Waals surface area (Å²) in [5, 5.41) is 10.8. The Morgan fingerprint density at radius 2 is 1.90 bits per heavy atom. The van der Waals surface area contributed by atoms with Gasteiger partial charge in [-0.2, -0.15) is 0 Å². The molecule has 0 saturated heterocycles. The smallest absolute Gasteiger partial charge is 0.139 e. The molecule has 4 rings (SSSR count). The monoisotopic (exact) mass is 308 g/mol. The van der Waals surface area contributed by atoms with Crippen LogP contribution in [0.1, 0.15) is 58.3 Å². The van der Waals surface area contributed by atoms with Crippen LogP contribution in [0.2, 0.25) is 0 Å². The van der Waals surface area contributed by atoms with Gasteiger partial charge in [-0.25, -0.2) is 0 Å². The van der Waals surface area contributed by atoms with Crippen molar-refractivity contribution in [3.8, 4) is 0 Å². The van der Waals surface area contributed by atoms with E-state index in [0.717, 1.165) is 43.6 Å². The molecule has 3 fully saturated rings. The van der Waals surface area contributed by atoms with Crippen molar-refractivity contribution < 1.29 is 9.90 Å². The molecule has 3 saturated carbocycles. The van der Waals surface area contributed by atoms with Gasteiger partial charge in [-0.1, -0.05) is 18.5 Å². The van der Waals surface area contributed by atoms with Crippen LogP contribution in [0, 0.1) is 29.1 Å². The van der Waals surface area contributed by atoms with Crippen LogP contribution in [0.25, 0.3) is 0 Å². The number of carbonyl (C=O) groups is 1. The lowest BCUT2D eigenvalue weighted by Gasteiger charge is -2.52. The molecule has 6 atom stereocenters. The van der Waals surface area contributed by atoms with Crippen molar-refractivity contribution in [2.75, 3.05) is 0 Å². The number of allylic oxidation sites excluding steroid dienone is 1. The van der Waals surface area contributed by atoms with Gasteiger partial charge in [0.25, 0.3) is 0 Å². The number of halogens is 1. The van der Waals surface area contributed by atoms with E-state index in [1.807, 2.05) is 0 Å². The minimum atomic E-state index is -0.420. The topological polar surface area (TPSA) is 37.3 Å². The van der Waals surface area contributed by atoms with Gasteiger partial charge in [-0.05, 0) is 74.2 Å². The largest absolute Gasteiger partial charge is 0.388 e. The van der Waals surface area contributed by atoms with E-state index >= 15 is 0 Å². The summed E-state index contributed by atoms with van der Waals surface area (Å²) in [5.74, 6) is 3.13. The Morgan fingerprint density at radius 3 is 2.71 bits per heavy atom. The summed E-state index contributed by atoms with van der Waals surface area (Å²) in [6.45, 7) is 2.23. The molecule has 2 nitrogen and oxygen atoms in total. The number of carbonyl (C=O) groups excluding carboxylic acids is 1. The molecule has 0 aromatic rings. The van der Waals surface area contributed by atoms with Crippen LogP contribution in [0.3, 0.4) is 0 Å². The van der Waals surface area contributed by atoms with Crippen LogP contribution in [-0.2, 0) is 4.79 Å². The number of rotatable bonds is 0. The predicted octanol–water partition coefficient (Wildman–Crippen LogP) is 4.06. The van der Waals surface area contributed by atoms with Crippen LogP contribution in [0.15, 0.2) is 10.6 Å². The van der Waals surface area contributed by atoms with Gasteiger partial charge in [0.15, 0.2) is 0 Å². The van der Waals surface area contributed by atoms with E-state index in [9.17, 15) is 9.90 Å². The lowest BCUT2D eigenvalue weighted by Crippen LogP contribution is -2.47. The fraction of sp³-hybridized carbons (Fsp3) is 0.833. The number of ketones is 1. The van der Waals surface area contributed by atoms with Crippen molar-refractivity contribution in [2.24, 2.45) is 29.1 Å². The fourth-order valence-electron chi connectivity index (χ4n) is 6.13. The van der Waals surface area contributed by atoms with Gasteiger partial charge in [0.05, 0.1) is 6.10 Å². The zero-order valence-corrected chi connectivity index (χ0v) is 13.5. The second kappa shape index (κ2) is 4.83. The molecule has 1 unspecified atom stereocenters. The third-order valence-corrected chi connectivity index (χ3v) is 7.76. The number of hydrogen-bond donors (Lipinski definition) is 1. The standard InChI is InChI=1S/C18H25ClO2/c1-18-9-8-11-10-4-6-15(20)17(19)13(10)3-2-12(11)14(18)5-7-16(18)21/h10-12,14-15,20H,2-9H2,1H3/t10-,11-,12-,14+,15?,18+/m1/s1. The molecule has 0 aromatic heterocycles. The molecule has 0 spiro atoms. The van der Waals surface area contributed by atoms with E-state index in [-0.39, 0.29) is 5.41 Å². The van der Waals surface area contributed by atoms with Crippen molar-refractivity contribution in [1.82, 2.24) is 0 Å². The Kier molecular flexibility index (Phi) is 3.28. The molecule has 0 amide bonds. The summed E-state index contributed by atoms with van der Waals surface area (Å²) in [5.41, 5.74) is 1.32. The zero-order chi connectivity index (χ0) is 14.8. The molecular formula is C18H25ClO2. The first kappa shape index (κ1) is 14.3. The first-order valence-corrected chi connectivity index (χ1v) is 9.00. The first-order chi connectivity index (χ1) is 10.0. The van der Waals surface area contributed by atoms with Gasteiger partial charge in [0.1, 0.15) is 5.78 Å². The molecule has 0 aromatic carbocycles. The molecule has 4 aliphatic carbocycles. The van der Waals surface area contributed by atoms with E-state index in [1.165, 1.54) is 18.4 Å². The number of aliphatic hydroxyl groups is 1. The minimum Gasteiger partial charge on any atom is -0.388 e. The van der Waals surface area contributed by atoms with E-state index in [0.29, 0.717) is 29.5 Å². The summed E-state index contributed by atoms with van der Waals surface area (Å²) in [4.78, 5) is 12.3. The van der Waals surface area contributed by atoms with Gasteiger partial charge in [-0.15, -0.1) is 0 Å². The Labute approximate surface area is 131 Å². The molecule has 21 heavy (non-hydrogen) atoms. The molecule has 0 bridgehead atoms. The Bertz CT molecular complexity index is 511. The van der Waals surface area contributed by atoms with Crippen LogP contribution < -0.4 is 0 Å². The number of aliphatic hydroxyl groups excluding tert-OH is 1. The summed E-state index contributed by atoms with van der Waals surface area (Å²) in [6.07, 6.45) is 7.86. The summed E-state index contributed by atoms with van der Waals surface area (Å²) < 4.78 is 0. The normalized spacial score (nSPS) is 49.7. The van der Waals surface area contributed by atoms with Gasteiger partial charge in [-0.3, -0.25) is 4.79 Å². The summed E-state index contributed by atoms with van der Waals surface area (Å²) >= 11 is 6.41. The maximum Gasteiger partial charge on any atom is 0.139 e. The van der Waals surface area contributed by atoms with Crippen LogP contribution in [-0.4, -0.2) is 17.0 Å². The maximum absolute atomic E-state index is 12.3. The van der Waals surface area contributed by atoms with E-state index in [4.69, 9.17) is 11.6 Å². The highest BCUT2D eigenvalue weighted by Gasteiger charge is 2.56. The molecule has 0 heterocycles. The average molecular weight is 309 g/mol. The van der Waals surface area contributed by atoms with Crippen LogP contribution in [0.4, 0.5) is 0 Å². The molecule has 1 N–H and O–H groups in total. The van der Waals surface area contributed by atoms with Gasteiger partial charge in [0.2, 0.25) is 0 Å². The third-order valence-electron chi connectivity index (χ3n) is 7.26. The predicted molar refractivity (Wildman–Crippen MR) is 82.9 cm³/mol. The van der Waals surface area contributed by atoms with Crippen molar-refractivity contribution in [3.63, 3.8) is 0 Å². The quantitative estimate of drug-likeness (QED) is 0.733. The minimum absolute atomic E-state index is 0.0274. The maximum atomic E-state index is 12.3. The molecule has 4 aliphatic rings. The lowest BCUT2D eigenvalue weighted by atomic mass is 9.52. The molecular weight excluding hydrogens is 284 g/mol. The van der Waals surface area contributed by atoms with Gasteiger partial charge >= 0.3 is 0 Å². The molecule has 0 radical (unpaired) electrons. The van der Waals surface area contributed by atoms with Crippen molar-refractivity contribution in [1.29, 1.82) is 0 Å². The summed E-state index contributed by atoms with van der Waals surface area (Å²) in [6, 6.07) is 0. The lowest BCUT2D eigenvalue weighted by molar-refractivity contribution is -0.131. The van der Waals surface area contributed by atoms with Crippen molar-refractivity contribution in [2.45, 2.75) is 64.4 Å². The fourth-order valence-corrected chi connectivity index (χ4v) is 6.48. The number of fused-ring (bicyclic) bond motifs is 5. The second-order valence-corrected chi connectivity index (χ2v) is 8.37. The highest BCUT2D eigenvalue weighted by Crippen LogP contribution is 2.61. The first-order valence-electron chi connectivity index (χ1n) is 8.62. The van der Waals surface area contributed by atoms with E-state index in [1.54, 1.807) is 0 Å². The van der Waals surface area contributed by atoms with Gasteiger partial charge in [0, 0.05) is 16.9 Å². The number of Topliss-reactive ketones (excluding diaryl/α,β-unsaturated/α-hetero) is 1. The Morgan fingerprint density at radius 1 is 1.10 bits per heavy atom. The third kappa shape index (κ3) is 1.91. The summed E-state index contributed by atoms with van der Waals surface area (Å²) in [7, 11) is 0. The average Bonchev–Trinajstić information content (AvgIpc) is 2.78. The van der Waals surface area contributed by atoms with Gasteiger partial charge < -0.3 is 5.11 Å². The Hall–Kier alpha value is -0.340. The zero-order valence-electron chi connectivity index (χ0n) is 12.8. The van der Waals surface area contributed by atoms with Crippen LogP contribution in [0.5, 0.6) is 0 Å². The number of hydrogen-bond acceptors (Lipinski definition) is 2. The molecule has 0 aliphatic heterocycles. The van der Waals surface area contributed by atoms with E-state index in [2.05, 4.69) is 6.92 Å². The molecule has 3 heteroatoms. The SMILES string of the molecule is C[C@]12CC[C@H]3[C@@H](CCC4=C(Cl)C(O)CC[C@@H]43)[C@@H]1CCC2=O. The van der Waals surface area contributed by atoms with Crippen LogP contribution >= 0.6 is 11.6 Å². The van der Waals surface area contributed by atoms with Crippen molar-refractivity contribution >= 4 is 17.4 Å². The van der Waals surface area contributed by atoms with E-state index < -0.39 is 6.10 Å².